The highest BCUT2D eigenvalue weighted by atomic mass is 16.5. The van der Waals surface area contributed by atoms with Crippen molar-refractivity contribution in [3.8, 4) is 0 Å². The lowest BCUT2D eigenvalue weighted by atomic mass is 9.84. The third-order valence-corrected chi connectivity index (χ3v) is 2.69. The third-order valence-electron chi connectivity index (χ3n) is 2.69. The van der Waals surface area contributed by atoms with E-state index in [4.69, 9.17) is 10.3 Å². The van der Waals surface area contributed by atoms with Crippen LogP contribution < -0.4 is 5.73 Å². The average molecular weight is 217 g/mol. The highest BCUT2D eigenvalue weighted by Gasteiger charge is 2.29. The second-order valence-corrected chi connectivity index (χ2v) is 4.39. The van der Waals surface area contributed by atoms with E-state index in [1.165, 1.54) is 0 Å². The van der Waals surface area contributed by atoms with Crippen molar-refractivity contribution in [3.63, 3.8) is 0 Å². The molecule has 0 spiro atoms. The number of hydrogen-bond acceptors (Lipinski definition) is 4. The fraction of sp³-hybridized carbons (Fsp3) is 0.333. The molecule has 1 aromatic carbocycles. The topological polar surface area (TPSA) is 64.9 Å². The van der Waals surface area contributed by atoms with Crippen LogP contribution in [0.15, 0.2) is 28.8 Å². The molecule has 4 nitrogen and oxygen atoms in total. The van der Waals surface area contributed by atoms with Gasteiger partial charge >= 0.3 is 0 Å². The fourth-order valence-corrected chi connectivity index (χ4v) is 1.57. The van der Waals surface area contributed by atoms with E-state index in [0.717, 1.165) is 11.3 Å². The zero-order chi connectivity index (χ0) is 11.8. The Morgan fingerprint density at radius 1 is 1.19 bits per heavy atom. The molecule has 0 aliphatic rings. The Bertz CT molecular complexity index is 485. The number of benzene rings is 1. The van der Waals surface area contributed by atoms with Crippen LogP contribution in [0.25, 0.3) is 0 Å². The van der Waals surface area contributed by atoms with Crippen molar-refractivity contribution in [2.75, 3.05) is 5.73 Å². The van der Waals surface area contributed by atoms with Gasteiger partial charge < -0.3 is 10.3 Å². The van der Waals surface area contributed by atoms with Gasteiger partial charge in [-0.2, -0.15) is 4.98 Å². The molecule has 0 saturated carbocycles. The van der Waals surface area contributed by atoms with Crippen LogP contribution in [0.5, 0.6) is 0 Å². The van der Waals surface area contributed by atoms with E-state index in [2.05, 4.69) is 10.1 Å². The first-order valence-corrected chi connectivity index (χ1v) is 5.17. The van der Waals surface area contributed by atoms with Gasteiger partial charge in [0, 0.05) is 5.69 Å². The highest BCUT2D eigenvalue weighted by molar-refractivity contribution is 5.42. The quantitative estimate of drug-likeness (QED) is 0.784. The maximum Gasteiger partial charge on any atom is 0.236 e. The van der Waals surface area contributed by atoms with Crippen LogP contribution in [0, 0.1) is 6.92 Å². The standard InChI is InChI=1S/C12H15N3O/c1-8-14-11(16-15-8)12(2,3)9-4-6-10(13)7-5-9/h4-7H,13H2,1-3H3. The molecule has 0 aliphatic heterocycles. The minimum Gasteiger partial charge on any atom is -0.399 e. The number of hydrogen-bond donors (Lipinski definition) is 1. The zero-order valence-electron chi connectivity index (χ0n) is 9.69. The van der Waals surface area contributed by atoms with Crippen LogP contribution in [-0.4, -0.2) is 10.1 Å². The van der Waals surface area contributed by atoms with Crippen LogP contribution in [-0.2, 0) is 5.41 Å². The number of anilines is 1. The molecule has 0 saturated heterocycles. The van der Waals surface area contributed by atoms with E-state index in [0.29, 0.717) is 11.7 Å². The maximum atomic E-state index is 5.66. The summed E-state index contributed by atoms with van der Waals surface area (Å²) in [5.74, 6) is 1.27. The Hall–Kier alpha value is -1.84. The summed E-state index contributed by atoms with van der Waals surface area (Å²) >= 11 is 0. The SMILES string of the molecule is Cc1noc(C(C)(C)c2ccc(N)cc2)n1. The molecule has 16 heavy (non-hydrogen) atoms. The summed E-state index contributed by atoms with van der Waals surface area (Å²) in [6.45, 7) is 5.91. The normalized spacial score (nSPS) is 11.7. The van der Waals surface area contributed by atoms with Gasteiger partial charge in [0.25, 0.3) is 0 Å². The number of aryl methyl sites for hydroxylation is 1. The zero-order valence-corrected chi connectivity index (χ0v) is 9.69. The third kappa shape index (κ3) is 1.78. The molecule has 2 rings (SSSR count). The van der Waals surface area contributed by atoms with Crippen molar-refractivity contribution < 1.29 is 4.52 Å². The van der Waals surface area contributed by atoms with Crippen molar-refractivity contribution in [2.24, 2.45) is 0 Å². The van der Waals surface area contributed by atoms with Gasteiger partial charge in [-0.15, -0.1) is 0 Å². The summed E-state index contributed by atoms with van der Waals surface area (Å²) in [5, 5.41) is 3.82. The van der Waals surface area contributed by atoms with E-state index in [-0.39, 0.29) is 5.41 Å². The van der Waals surface area contributed by atoms with Gasteiger partial charge in [0.2, 0.25) is 5.89 Å². The molecule has 1 aromatic heterocycles. The molecular formula is C12H15N3O. The summed E-state index contributed by atoms with van der Waals surface area (Å²) in [6.07, 6.45) is 0. The molecule has 84 valence electrons. The molecule has 0 radical (unpaired) electrons. The number of nitrogen functional groups attached to an aromatic ring is 1. The maximum absolute atomic E-state index is 5.66. The molecule has 0 unspecified atom stereocenters. The van der Waals surface area contributed by atoms with Crippen molar-refractivity contribution >= 4 is 5.69 Å². The first-order valence-electron chi connectivity index (χ1n) is 5.17. The lowest BCUT2D eigenvalue weighted by molar-refractivity contribution is 0.330. The number of nitrogens with two attached hydrogens (primary N) is 1. The van der Waals surface area contributed by atoms with Crippen molar-refractivity contribution in [3.05, 3.63) is 41.5 Å². The predicted molar refractivity (Wildman–Crippen MR) is 62.0 cm³/mol. The molecule has 1 heterocycles. The Kier molecular flexibility index (Phi) is 2.42. The van der Waals surface area contributed by atoms with E-state index in [1.54, 1.807) is 0 Å². The molecule has 2 N–H and O–H groups in total. The Balaban J connectivity index is 2.42. The molecule has 2 aromatic rings. The van der Waals surface area contributed by atoms with E-state index >= 15 is 0 Å². The summed E-state index contributed by atoms with van der Waals surface area (Å²) in [7, 11) is 0. The van der Waals surface area contributed by atoms with Gasteiger partial charge in [-0.05, 0) is 38.5 Å². The van der Waals surface area contributed by atoms with Gasteiger partial charge in [0.1, 0.15) is 0 Å². The monoisotopic (exact) mass is 217 g/mol. The van der Waals surface area contributed by atoms with Crippen LogP contribution in [0.3, 0.4) is 0 Å². The minimum absolute atomic E-state index is 0.297. The molecule has 0 atom stereocenters. The summed E-state index contributed by atoms with van der Waals surface area (Å²) in [6, 6.07) is 7.71. The van der Waals surface area contributed by atoms with Crippen LogP contribution in [0.2, 0.25) is 0 Å². The fourth-order valence-electron chi connectivity index (χ4n) is 1.57. The number of aromatic nitrogens is 2. The largest absolute Gasteiger partial charge is 0.399 e. The van der Waals surface area contributed by atoms with E-state index in [9.17, 15) is 0 Å². The van der Waals surface area contributed by atoms with Gasteiger partial charge in [0.15, 0.2) is 5.82 Å². The van der Waals surface area contributed by atoms with E-state index < -0.39 is 0 Å². The molecule has 0 amide bonds. The van der Waals surface area contributed by atoms with E-state index in [1.807, 2.05) is 45.0 Å². The molecule has 0 fully saturated rings. The first-order chi connectivity index (χ1) is 7.50. The Morgan fingerprint density at radius 2 is 1.81 bits per heavy atom. The Morgan fingerprint density at radius 3 is 2.31 bits per heavy atom. The second-order valence-electron chi connectivity index (χ2n) is 4.39. The van der Waals surface area contributed by atoms with Gasteiger partial charge in [0.05, 0.1) is 5.41 Å². The minimum atomic E-state index is -0.297. The lowest BCUT2D eigenvalue weighted by Gasteiger charge is -2.20. The smallest absolute Gasteiger partial charge is 0.236 e. The van der Waals surface area contributed by atoms with Crippen molar-refractivity contribution in [2.45, 2.75) is 26.2 Å². The molecule has 0 bridgehead atoms. The van der Waals surface area contributed by atoms with Crippen molar-refractivity contribution in [1.29, 1.82) is 0 Å². The lowest BCUT2D eigenvalue weighted by Crippen LogP contribution is -2.19. The van der Waals surface area contributed by atoms with Crippen LogP contribution in [0.4, 0.5) is 5.69 Å². The van der Waals surface area contributed by atoms with Crippen LogP contribution in [0.1, 0.15) is 31.1 Å². The molecule has 0 aliphatic carbocycles. The van der Waals surface area contributed by atoms with Gasteiger partial charge in [-0.25, -0.2) is 0 Å². The molecular weight excluding hydrogens is 202 g/mol. The highest BCUT2D eigenvalue weighted by Crippen LogP contribution is 2.30. The van der Waals surface area contributed by atoms with Crippen molar-refractivity contribution in [1.82, 2.24) is 10.1 Å². The van der Waals surface area contributed by atoms with Gasteiger partial charge in [-0.3, -0.25) is 0 Å². The average Bonchev–Trinajstić information content (AvgIpc) is 2.66. The molecule has 4 heteroatoms. The predicted octanol–water partition coefficient (Wildman–Crippen LogP) is 2.29. The summed E-state index contributed by atoms with van der Waals surface area (Å²) in [5.41, 5.74) is 7.22. The number of rotatable bonds is 2. The van der Waals surface area contributed by atoms with Gasteiger partial charge in [-0.1, -0.05) is 17.3 Å². The first kappa shape index (κ1) is 10.7. The summed E-state index contributed by atoms with van der Waals surface area (Å²) in [4.78, 5) is 4.27. The Labute approximate surface area is 94.5 Å². The summed E-state index contributed by atoms with van der Waals surface area (Å²) < 4.78 is 5.22. The van der Waals surface area contributed by atoms with Crippen LogP contribution >= 0.6 is 0 Å². The second kappa shape index (κ2) is 3.63. The number of nitrogens with zero attached hydrogens (tertiary/aromatic N) is 2.